The van der Waals surface area contributed by atoms with Crippen LogP contribution in [0.15, 0.2) is 29.4 Å². The van der Waals surface area contributed by atoms with Crippen LogP contribution in [0.25, 0.3) is 0 Å². The van der Waals surface area contributed by atoms with Crippen LogP contribution in [0.2, 0.25) is 0 Å². The minimum atomic E-state index is -4.71. The number of benzene rings is 1. The van der Waals surface area contributed by atoms with Crippen LogP contribution in [-0.2, 0) is 0 Å². The van der Waals surface area contributed by atoms with Crippen LogP contribution in [0.3, 0.4) is 0 Å². The van der Waals surface area contributed by atoms with E-state index in [-0.39, 0.29) is 18.2 Å². The lowest BCUT2D eigenvalue weighted by molar-refractivity contribution is -0.274. The van der Waals surface area contributed by atoms with Crippen LogP contribution in [0, 0.1) is 5.41 Å². The molecule has 0 unspecified atom stereocenters. The molecule has 0 aliphatic carbocycles. The molecule has 0 bridgehead atoms. The second-order valence-electron chi connectivity index (χ2n) is 4.99. The van der Waals surface area contributed by atoms with Crippen molar-refractivity contribution in [1.29, 1.82) is 0 Å². The molecule has 0 radical (unpaired) electrons. The monoisotopic (exact) mass is 306 g/mol. The van der Waals surface area contributed by atoms with Crippen LogP contribution < -0.4 is 15.2 Å². The van der Waals surface area contributed by atoms with E-state index in [9.17, 15) is 13.2 Å². The summed E-state index contributed by atoms with van der Waals surface area (Å²) in [6.45, 7) is 3.83. The van der Waals surface area contributed by atoms with Crippen molar-refractivity contribution in [3.8, 4) is 11.5 Å². The lowest BCUT2D eigenvalue weighted by Gasteiger charge is -2.22. The van der Waals surface area contributed by atoms with Crippen molar-refractivity contribution in [3.05, 3.63) is 24.3 Å². The number of hydrogen-bond donors (Lipinski definition) is 2. The third-order valence-electron chi connectivity index (χ3n) is 2.85. The molecule has 0 atom stereocenters. The maximum atomic E-state index is 12.0. The first-order valence-electron chi connectivity index (χ1n) is 6.11. The van der Waals surface area contributed by atoms with Gasteiger partial charge in [0.25, 0.3) is 0 Å². The number of ether oxygens (including phenoxy) is 2. The first-order chi connectivity index (χ1) is 9.64. The highest BCUT2D eigenvalue weighted by molar-refractivity contribution is 5.85. The number of nitrogens with zero attached hydrogens (tertiary/aromatic N) is 1. The van der Waals surface area contributed by atoms with Crippen molar-refractivity contribution >= 4 is 5.84 Å². The molecular formula is C13H17F3N2O3. The summed E-state index contributed by atoms with van der Waals surface area (Å²) < 4.78 is 45.1. The van der Waals surface area contributed by atoms with Gasteiger partial charge in [-0.05, 0) is 30.7 Å². The van der Waals surface area contributed by atoms with Gasteiger partial charge in [-0.3, -0.25) is 0 Å². The van der Waals surface area contributed by atoms with E-state index in [2.05, 4.69) is 9.89 Å². The average Bonchev–Trinajstić information content (AvgIpc) is 2.38. The maximum Gasteiger partial charge on any atom is 0.573 e. The third kappa shape index (κ3) is 5.80. The molecule has 8 heteroatoms. The first kappa shape index (κ1) is 16.9. The van der Waals surface area contributed by atoms with Crippen molar-refractivity contribution in [2.24, 2.45) is 16.3 Å². The van der Waals surface area contributed by atoms with E-state index in [1.807, 2.05) is 0 Å². The second-order valence-corrected chi connectivity index (χ2v) is 4.99. The summed E-state index contributed by atoms with van der Waals surface area (Å²) in [5.74, 6) is 0.173. The average molecular weight is 306 g/mol. The quantitative estimate of drug-likeness (QED) is 0.366. The molecule has 1 aromatic carbocycles. The van der Waals surface area contributed by atoms with Gasteiger partial charge in [0.2, 0.25) is 0 Å². The van der Waals surface area contributed by atoms with Crippen LogP contribution in [0.4, 0.5) is 13.2 Å². The Morgan fingerprint density at radius 3 is 2.19 bits per heavy atom. The molecule has 0 aromatic heterocycles. The zero-order chi connectivity index (χ0) is 16.1. The van der Waals surface area contributed by atoms with E-state index in [1.165, 1.54) is 12.1 Å². The Kier molecular flexibility index (Phi) is 5.28. The van der Waals surface area contributed by atoms with E-state index >= 15 is 0 Å². The summed E-state index contributed by atoms with van der Waals surface area (Å²) in [6.07, 6.45) is -4.24. The minimum absolute atomic E-state index is 0.0834. The van der Waals surface area contributed by atoms with Crippen molar-refractivity contribution in [2.75, 3.05) is 6.61 Å². The van der Waals surface area contributed by atoms with Gasteiger partial charge in [-0.1, -0.05) is 19.0 Å². The molecule has 5 nitrogen and oxygen atoms in total. The van der Waals surface area contributed by atoms with Gasteiger partial charge in [-0.15, -0.1) is 13.2 Å². The highest BCUT2D eigenvalue weighted by atomic mass is 19.4. The summed E-state index contributed by atoms with van der Waals surface area (Å²) in [4.78, 5) is 0. The summed E-state index contributed by atoms with van der Waals surface area (Å²) in [7, 11) is 0. The molecule has 1 aromatic rings. The molecule has 3 N–H and O–H groups in total. The predicted molar refractivity (Wildman–Crippen MR) is 70.4 cm³/mol. The highest BCUT2D eigenvalue weighted by Gasteiger charge is 2.31. The Labute approximate surface area is 120 Å². The zero-order valence-corrected chi connectivity index (χ0v) is 11.6. The Balaban J connectivity index is 2.50. The molecule has 118 valence electrons. The lowest BCUT2D eigenvalue weighted by atomic mass is 9.88. The smallest absolute Gasteiger partial charge is 0.494 e. The molecule has 0 aliphatic rings. The first-order valence-corrected chi connectivity index (χ1v) is 6.11. The number of nitrogens with two attached hydrogens (primary N) is 1. The largest absolute Gasteiger partial charge is 0.573 e. The highest BCUT2D eigenvalue weighted by Crippen LogP contribution is 2.25. The fourth-order valence-electron chi connectivity index (χ4n) is 1.43. The van der Waals surface area contributed by atoms with Crippen molar-refractivity contribution in [1.82, 2.24) is 0 Å². The van der Waals surface area contributed by atoms with E-state index in [0.29, 0.717) is 12.2 Å². The molecule has 0 fully saturated rings. The number of rotatable bonds is 6. The van der Waals surface area contributed by atoms with Crippen LogP contribution in [0.5, 0.6) is 11.5 Å². The van der Waals surface area contributed by atoms with E-state index in [1.54, 1.807) is 13.8 Å². The predicted octanol–water partition coefficient (Wildman–Crippen LogP) is 3.13. The molecule has 0 aliphatic heterocycles. The maximum absolute atomic E-state index is 12.0. The van der Waals surface area contributed by atoms with Crippen molar-refractivity contribution in [3.63, 3.8) is 0 Å². The van der Waals surface area contributed by atoms with Crippen molar-refractivity contribution < 1.29 is 27.9 Å². The number of alkyl halides is 3. The molecule has 21 heavy (non-hydrogen) atoms. The van der Waals surface area contributed by atoms with E-state index < -0.39 is 11.8 Å². The van der Waals surface area contributed by atoms with Crippen LogP contribution >= 0.6 is 0 Å². The molecule has 0 saturated heterocycles. The van der Waals surface area contributed by atoms with Crippen LogP contribution in [0.1, 0.15) is 20.3 Å². The molecule has 0 heterocycles. The SMILES string of the molecule is CC(C)(CCOc1ccc(OC(F)(F)F)cc1)/C(N)=N/O. The Hall–Kier alpha value is -2.12. The number of oxime groups is 1. The van der Waals surface area contributed by atoms with Gasteiger partial charge >= 0.3 is 6.36 Å². The van der Waals surface area contributed by atoms with E-state index in [4.69, 9.17) is 15.7 Å². The minimum Gasteiger partial charge on any atom is -0.494 e. The summed E-state index contributed by atoms with van der Waals surface area (Å²) in [5, 5.41) is 11.6. The number of hydrogen-bond acceptors (Lipinski definition) is 4. The molecule has 0 saturated carbocycles. The van der Waals surface area contributed by atoms with Gasteiger partial charge in [0.05, 0.1) is 6.61 Å². The topological polar surface area (TPSA) is 77.1 Å². The summed E-state index contributed by atoms with van der Waals surface area (Å²) >= 11 is 0. The molecule has 0 amide bonds. The summed E-state index contributed by atoms with van der Waals surface area (Å²) in [5.41, 5.74) is 4.98. The second kappa shape index (κ2) is 6.55. The van der Waals surface area contributed by atoms with Crippen LogP contribution in [-0.4, -0.2) is 24.0 Å². The summed E-state index contributed by atoms with van der Waals surface area (Å²) in [6, 6.07) is 5.07. The lowest BCUT2D eigenvalue weighted by Crippen LogP contribution is -2.33. The standard InChI is InChI=1S/C13H17F3N2O3/c1-12(2,11(17)18-19)7-8-20-9-3-5-10(6-4-9)21-13(14,15)16/h3-6,19H,7-8H2,1-2H3,(H2,17,18). The molecular weight excluding hydrogens is 289 g/mol. The van der Waals surface area contributed by atoms with Gasteiger partial charge in [0.1, 0.15) is 17.3 Å². The van der Waals surface area contributed by atoms with Gasteiger partial charge < -0.3 is 20.4 Å². The Morgan fingerprint density at radius 1 is 1.19 bits per heavy atom. The van der Waals surface area contributed by atoms with E-state index in [0.717, 1.165) is 12.1 Å². The Morgan fingerprint density at radius 2 is 1.71 bits per heavy atom. The number of halogens is 3. The fraction of sp³-hybridized carbons (Fsp3) is 0.462. The van der Waals surface area contributed by atoms with Gasteiger partial charge in [-0.2, -0.15) is 0 Å². The normalized spacial score (nSPS) is 13.1. The fourth-order valence-corrected chi connectivity index (χ4v) is 1.43. The van der Waals surface area contributed by atoms with Gasteiger partial charge in [0, 0.05) is 5.41 Å². The van der Waals surface area contributed by atoms with Crippen molar-refractivity contribution in [2.45, 2.75) is 26.6 Å². The number of amidine groups is 1. The zero-order valence-electron chi connectivity index (χ0n) is 11.6. The van der Waals surface area contributed by atoms with Gasteiger partial charge in [0.15, 0.2) is 0 Å². The van der Waals surface area contributed by atoms with Gasteiger partial charge in [-0.25, -0.2) is 0 Å². The Bertz CT molecular complexity index is 484. The third-order valence-corrected chi connectivity index (χ3v) is 2.85. The molecule has 0 spiro atoms. The molecule has 1 rings (SSSR count).